The van der Waals surface area contributed by atoms with Gasteiger partial charge in [0.2, 0.25) is 5.91 Å². The number of halogens is 2. The maximum atomic E-state index is 13.6. The normalized spacial score (nSPS) is 11.0. The molecular weight excluding hydrogens is 411 g/mol. The molecule has 152 valence electrons. The van der Waals surface area contributed by atoms with Gasteiger partial charge in [0.05, 0.1) is 6.54 Å². The van der Waals surface area contributed by atoms with Gasteiger partial charge >= 0.3 is 0 Å². The molecule has 2 aromatic heterocycles. The summed E-state index contributed by atoms with van der Waals surface area (Å²) in [5.74, 6) is -0.916. The van der Waals surface area contributed by atoms with Gasteiger partial charge in [-0.2, -0.15) is 0 Å². The molecular formula is C20H16ClFN6O2. The fourth-order valence-electron chi connectivity index (χ4n) is 2.89. The molecule has 8 nitrogen and oxygen atoms in total. The van der Waals surface area contributed by atoms with Crippen LogP contribution in [-0.4, -0.2) is 30.5 Å². The lowest BCUT2D eigenvalue weighted by atomic mass is 10.2. The van der Waals surface area contributed by atoms with Crippen molar-refractivity contribution < 1.29 is 9.18 Å². The van der Waals surface area contributed by atoms with E-state index in [9.17, 15) is 14.0 Å². The van der Waals surface area contributed by atoms with E-state index in [0.29, 0.717) is 28.5 Å². The summed E-state index contributed by atoms with van der Waals surface area (Å²) in [5.41, 5.74) is 1.57. The van der Waals surface area contributed by atoms with E-state index in [0.717, 1.165) is 10.1 Å². The van der Waals surface area contributed by atoms with Crippen molar-refractivity contribution in [1.82, 2.24) is 24.5 Å². The highest BCUT2D eigenvalue weighted by Crippen LogP contribution is 2.14. The number of carbonyl (C=O) groups excluding carboxylic acids is 1. The molecule has 0 fully saturated rings. The lowest BCUT2D eigenvalue weighted by molar-refractivity contribution is -0.116. The highest BCUT2D eigenvalue weighted by atomic mass is 35.5. The number of rotatable bonds is 5. The van der Waals surface area contributed by atoms with Crippen LogP contribution in [0.3, 0.4) is 0 Å². The molecule has 1 N–H and O–H groups in total. The summed E-state index contributed by atoms with van der Waals surface area (Å²) in [6.07, 6.45) is 1.27. The minimum absolute atomic E-state index is 0.0562. The summed E-state index contributed by atoms with van der Waals surface area (Å²) in [7, 11) is 0. The number of aryl methyl sites for hydroxylation is 1. The number of aromatic nitrogens is 5. The highest BCUT2D eigenvalue weighted by molar-refractivity contribution is 6.30. The van der Waals surface area contributed by atoms with Crippen molar-refractivity contribution in [2.75, 3.05) is 5.32 Å². The number of anilines is 1. The first-order valence-corrected chi connectivity index (χ1v) is 9.37. The number of hydrogen-bond acceptors (Lipinski definition) is 5. The zero-order chi connectivity index (χ0) is 21.3. The molecule has 0 spiro atoms. The molecule has 2 aromatic carbocycles. The third-order valence-corrected chi connectivity index (χ3v) is 4.76. The van der Waals surface area contributed by atoms with E-state index >= 15 is 0 Å². The molecule has 1 amide bonds. The van der Waals surface area contributed by atoms with Crippen LogP contribution in [0.4, 0.5) is 10.1 Å². The number of benzene rings is 2. The Balaban J connectivity index is 1.53. The zero-order valence-corrected chi connectivity index (χ0v) is 16.6. The van der Waals surface area contributed by atoms with Crippen molar-refractivity contribution in [3.8, 4) is 0 Å². The molecule has 0 aliphatic carbocycles. The van der Waals surface area contributed by atoms with E-state index in [1.54, 1.807) is 31.2 Å². The van der Waals surface area contributed by atoms with Crippen LogP contribution in [0.2, 0.25) is 5.02 Å². The van der Waals surface area contributed by atoms with Crippen molar-refractivity contribution in [3.63, 3.8) is 0 Å². The Morgan fingerprint density at radius 3 is 2.70 bits per heavy atom. The number of nitrogens with one attached hydrogen (secondary N) is 1. The van der Waals surface area contributed by atoms with Crippen LogP contribution in [0.25, 0.3) is 11.2 Å². The summed E-state index contributed by atoms with van der Waals surface area (Å²) >= 11 is 5.89. The Labute approximate surface area is 174 Å². The monoisotopic (exact) mass is 426 g/mol. The average molecular weight is 427 g/mol. The second-order valence-corrected chi connectivity index (χ2v) is 7.17. The standard InChI is InChI=1S/C20H16ClFN6O2/c1-12-2-7-15(8-16(12)22)24-17(29)10-27-11-23-19-18(20(27)30)25-26-28(19)9-13-3-5-14(21)6-4-13/h2-8,11H,9-10H2,1H3,(H,24,29). The van der Waals surface area contributed by atoms with Crippen LogP contribution in [0.15, 0.2) is 53.6 Å². The minimum Gasteiger partial charge on any atom is -0.324 e. The van der Waals surface area contributed by atoms with Crippen LogP contribution in [0.1, 0.15) is 11.1 Å². The van der Waals surface area contributed by atoms with Gasteiger partial charge in [-0.1, -0.05) is 35.0 Å². The maximum absolute atomic E-state index is 13.6. The molecule has 0 unspecified atom stereocenters. The Bertz CT molecular complexity index is 1300. The van der Waals surface area contributed by atoms with Gasteiger partial charge in [0.1, 0.15) is 18.7 Å². The first kappa shape index (κ1) is 19.7. The Morgan fingerprint density at radius 2 is 1.97 bits per heavy atom. The van der Waals surface area contributed by atoms with Crippen molar-refractivity contribution in [2.24, 2.45) is 0 Å². The molecule has 0 saturated carbocycles. The van der Waals surface area contributed by atoms with Crippen LogP contribution >= 0.6 is 11.6 Å². The van der Waals surface area contributed by atoms with Gasteiger partial charge in [-0.15, -0.1) is 5.10 Å². The molecule has 0 aliphatic heterocycles. The van der Waals surface area contributed by atoms with Gasteiger partial charge in [-0.25, -0.2) is 14.1 Å². The van der Waals surface area contributed by atoms with Gasteiger partial charge in [0.25, 0.3) is 5.56 Å². The lowest BCUT2D eigenvalue weighted by Crippen LogP contribution is -2.28. The molecule has 4 rings (SSSR count). The van der Waals surface area contributed by atoms with E-state index in [2.05, 4.69) is 20.6 Å². The van der Waals surface area contributed by atoms with Crippen LogP contribution in [0, 0.1) is 12.7 Å². The van der Waals surface area contributed by atoms with Crippen LogP contribution in [-0.2, 0) is 17.9 Å². The average Bonchev–Trinajstić information content (AvgIpc) is 3.12. The number of hydrogen-bond donors (Lipinski definition) is 1. The summed E-state index contributed by atoms with van der Waals surface area (Å²) < 4.78 is 16.3. The van der Waals surface area contributed by atoms with Crippen LogP contribution in [0.5, 0.6) is 0 Å². The van der Waals surface area contributed by atoms with Gasteiger partial charge < -0.3 is 5.32 Å². The topological polar surface area (TPSA) is 94.7 Å². The van der Waals surface area contributed by atoms with Gasteiger partial charge in [0.15, 0.2) is 11.2 Å². The largest absolute Gasteiger partial charge is 0.324 e. The van der Waals surface area contributed by atoms with Gasteiger partial charge in [0, 0.05) is 10.7 Å². The van der Waals surface area contributed by atoms with Crippen molar-refractivity contribution in [2.45, 2.75) is 20.0 Å². The summed E-state index contributed by atoms with van der Waals surface area (Å²) in [4.78, 5) is 29.2. The fraction of sp³-hybridized carbons (Fsp3) is 0.150. The second-order valence-electron chi connectivity index (χ2n) is 6.74. The molecule has 0 aliphatic rings. The Kier molecular flexibility index (Phi) is 5.28. The van der Waals surface area contributed by atoms with Crippen molar-refractivity contribution in [1.29, 1.82) is 0 Å². The molecule has 10 heteroatoms. The molecule has 0 bridgehead atoms. The zero-order valence-electron chi connectivity index (χ0n) is 15.8. The third-order valence-electron chi connectivity index (χ3n) is 4.51. The maximum Gasteiger partial charge on any atom is 0.283 e. The van der Waals surface area contributed by atoms with E-state index in [-0.39, 0.29) is 12.1 Å². The smallest absolute Gasteiger partial charge is 0.283 e. The molecule has 0 atom stereocenters. The predicted octanol–water partition coefficient (Wildman–Crippen LogP) is 2.78. The van der Waals surface area contributed by atoms with Gasteiger partial charge in [-0.3, -0.25) is 14.2 Å². The van der Waals surface area contributed by atoms with Crippen LogP contribution < -0.4 is 10.9 Å². The summed E-state index contributed by atoms with van der Waals surface area (Å²) in [5, 5.41) is 11.1. The van der Waals surface area contributed by atoms with E-state index in [4.69, 9.17) is 11.6 Å². The number of amides is 1. The number of fused-ring (bicyclic) bond motifs is 1. The van der Waals surface area contributed by atoms with E-state index < -0.39 is 17.3 Å². The van der Waals surface area contributed by atoms with Gasteiger partial charge in [-0.05, 0) is 42.3 Å². The minimum atomic E-state index is -0.493. The highest BCUT2D eigenvalue weighted by Gasteiger charge is 2.14. The quantitative estimate of drug-likeness (QED) is 0.529. The molecule has 2 heterocycles. The number of nitrogens with zero attached hydrogens (tertiary/aromatic N) is 5. The van der Waals surface area contributed by atoms with Crippen molar-refractivity contribution in [3.05, 3.63) is 81.1 Å². The predicted molar refractivity (Wildman–Crippen MR) is 110 cm³/mol. The van der Waals surface area contributed by atoms with E-state index in [1.807, 2.05) is 12.1 Å². The Hall–Kier alpha value is -3.59. The summed E-state index contributed by atoms with van der Waals surface area (Å²) in [6.45, 7) is 1.70. The van der Waals surface area contributed by atoms with Crippen molar-refractivity contribution >= 4 is 34.4 Å². The molecule has 0 saturated heterocycles. The Morgan fingerprint density at radius 1 is 1.20 bits per heavy atom. The SMILES string of the molecule is Cc1ccc(NC(=O)Cn2cnc3c(nnn3Cc3ccc(Cl)cc3)c2=O)cc1F. The lowest BCUT2D eigenvalue weighted by Gasteiger charge is -2.08. The fourth-order valence-corrected chi connectivity index (χ4v) is 3.02. The third kappa shape index (κ3) is 4.06. The molecule has 4 aromatic rings. The number of carbonyl (C=O) groups is 1. The summed E-state index contributed by atoms with van der Waals surface area (Å²) in [6, 6.07) is 11.6. The molecule has 30 heavy (non-hydrogen) atoms. The first-order chi connectivity index (χ1) is 14.4. The first-order valence-electron chi connectivity index (χ1n) is 9.00. The molecule has 0 radical (unpaired) electrons. The second kappa shape index (κ2) is 8.03. The van der Waals surface area contributed by atoms with E-state index in [1.165, 1.54) is 17.1 Å².